The molecule has 2 saturated carbocycles. The third-order valence-corrected chi connectivity index (χ3v) is 5.97. The van der Waals surface area contributed by atoms with Gasteiger partial charge in [-0.1, -0.05) is 52.4 Å². The predicted octanol–water partition coefficient (Wildman–Crippen LogP) is 4.82. The summed E-state index contributed by atoms with van der Waals surface area (Å²) < 4.78 is 0. The van der Waals surface area contributed by atoms with Crippen LogP contribution >= 0.6 is 0 Å². The van der Waals surface area contributed by atoms with E-state index in [1.165, 1.54) is 25.7 Å². The van der Waals surface area contributed by atoms with Gasteiger partial charge in [0, 0.05) is 0 Å². The summed E-state index contributed by atoms with van der Waals surface area (Å²) in [5, 5.41) is 21.1. The van der Waals surface area contributed by atoms with Gasteiger partial charge in [0.15, 0.2) is 0 Å². The van der Waals surface area contributed by atoms with E-state index in [4.69, 9.17) is 0 Å². The zero-order chi connectivity index (χ0) is 14.6. The van der Waals surface area contributed by atoms with Gasteiger partial charge in [-0.15, -0.1) is 0 Å². The molecule has 2 heteroatoms. The molecule has 2 nitrogen and oxygen atoms in total. The molecule has 0 saturated heterocycles. The lowest BCUT2D eigenvalue weighted by atomic mass is 9.59. The van der Waals surface area contributed by atoms with E-state index in [1.54, 1.807) is 0 Å². The Bertz CT molecular complexity index is 361. The molecule has 0 aromatic rings. The fourth-order valence-corrected chi connectivity index (χ4v) is 4.75. The van der Waals surface area contributed by atoms with Crippen LogP contribution < -0.4 is 0 Å². The van der Waals surface area contributed by atoms with Gasteiger partial charge in [-0.3, -0.25) is 0 Å². The summed E-state index contributed by atoms with van der Waals surface area (Å²) in [5.41, 5.74) is -1.19. The van der Waals surface area contributed by atoms with Gasteiger partial charge in [0.2, 0.25) is 0 Å². The van der Waals surface area contributed by atoms with Gasteiger partial charge in [0.1, 0.15) is 0 Å². The van der Waals surface area contributed by atoms with E-state index in [9.17, 15) is 10.4 Å². The van der Waals surface area contributed by atoms with Crippen LogP contribution in [0.15, 0.2) is 0 Å². The monoisotopic (exact) mass is 277 g/mol. The molecule has 0 amide bonds. The van der Waals surface area contributed by atoms with Crippen molar-refractivity contribution in [2.24, 2.45) is 17.3 Å². The topological polar surface area (TPSA) is 44.0 Å². The minimum Gasteiger partial charge on any atom is -0.388 e. The molecule has 4 atom stereocenters. The normalized spacial score (nSPS) is 42.7. The molecule has 2 aliphatic carbocycles. The highest BCUT2D eigenvalue weighted by molar-refractivity contribution is 5.13. The zero-order valence-electron chi connectivity index (χ0n) is 13.3. The van der Waals surface area contributed by atoms with Crippen LogP contribution in [0.1, 0.15) is 84.5 Å². The largest absolute Gasteiger partial charge is 0.388 e. The lowest BCUT2D eigenvalue weighted by molar-refractivity contribution is -0.0912. The van der Waals surface area contributed by atoms with Crippen LogP contribution in [-0.4, -0.2) is 10.7 Å². The molecule has 0 aliphatic heterocycles. The average Bonchev–Trinajstić information content (AvgIpc) is 2.63. The molecule has 20 heavy (non-hydrogen) atoms. The average molecular weight is 277 g/mol. The minimum absolute atomic E-state index is 0.466. The highest BCUT2D eigenvalue weighted by Crippen LogP contribution is 2.52. The van der Waals surface area contributed by atoms with E-state index in [1.807, 2.05) is 0 Å². The van der Waals surface area contributed by atoms with Crippen LogP contribution in [0.25, 0.3) is 0 Å². The molecule has 0 radical (unpaired) electrons. The smallest absolute Gasteiger partial charge is 0.0862 e. The molecule has 1 N–H and O–H groups in total. The van der Waals surface area contributed by atoms with E-state index >= 15 is 0 Å². The van der Waals surface area contributed by atoms with Gasteiger partial charge in [0.25, 0.3) is 0 Å². The summed E-state index contributed by atoms with van der Waals surface area (Å²) in [6.07, 6.45) is 11.8. The highest BCUT2D eigenvalue weighted by Gasteiger charge is 2.52. The summed E-state index contributed by atoms with van der Waals surface area (Å²) in [5.74, 6) is 1.35. The van der Waals surface area contributed by atoms with Crippen molar-refractivity contribution in [1.82, 2.24) is 0 Å². The first-order valence-corrected chi connectivity index (χ1v) is 8.69. The van der Waals surface area contributed by atoms with E-state index in [0.717, 1.165) is 50.9 Å². The van der Waals surface area contributed by atoms with Crippen molar-refractivity contribution in [2.75, 3.05) is 0 Å². The Balaban J connectivity index is 2.13. The number of rotatable bonds is 3. The van der Waals surface area contributed by atoms with Crippen molar-refractivity contribution in [3.8, 4) is 6.07 Å². The van der Waals surface area contributed by atoms with Crippen molar-refractivity contribution in [1.29, 1.82) is 5.26 Å². The summed E-state index contributed by atoms with van der Waals surface area (Å²) in [4.78, 5) is 0. The van der Waals surface area contributed by atoms with Crippen molar-refractivity contribution >= 4 is 0 Å². The standard InChI is InChI=1S/C18H31NO/c1-3-6-16-8-5-11-18(20,12-9-16)17(14-19)10-4-7-15(2)13-17/h15-16,20H,3-13H2,1-2H3. The Kier molecular flexibility index (Phi) is 5.13. The summed E-state index contributed by atoms with van der Waals surface area (Å²) in [6.45, 7) is 4.49. The third kappa shape index (κ3) is 3.03. The Labute approximate surface area is 124 Å². The fourth-order valence-electron chi connectivity index (χ4n) is 4.75. The molecule has 2 aliphatic rings. The molecule has 0 heterocycles. The summed E-state index contributed by atoms with van der Waals surface area (Å²) in [6, 6.07) is 2.58. The Hall–Kier alpha value is -0.550. The summed E-state index contributed by atoms with van der Waals surface area (Å²) in [7, 11) is 0. The second kappa shape index (κ2) is 6.48. The van der Waals surface area contributed by atoms with Crippen molar-refractivity contribution in [3.05, 3.63) is 0 Å². The minimum atomic E-state index is -0.723. The number of hydrogen-bond donors (Lipinski definition) is 1. The van der Waals surface area contributed by atoms with Crippen LogP contribution in [0, 0.1) is 28.6 Å². The molecular formula is C18H31NO. The predicted molar refractivity (Wildman–Crippen MR) is 82.1 cm³/mol. The number of hydrogen-bond acceptors (Lipinski definition) is 2. The van der Waals surface area contributed by atoms with Gasteiger partial charge < -0.3 is 5.11 Å². The lowest BCUT2D eigenvalue weighted by Gasteiger charge is -2.46. The first-order valence-electron chi connectivity index (χ1n) is 8.69. The van der Waals surface area contributed by atoms with E-state index in [0.29, 0.717) is 5.92 Å². The maximum absolute atomic E-state index is 11.3. The number of nitrogens with zero attached hydrogens (tertiary/aromatic N) is 1. The summed E-state index contributed by atoms with van der Waals surface area (Å²) >= 11 is 0. The SMILES string of the molecule is CCCC1CCCC(O)(C2(C#N)CCCC(C)C2)CC1. The molecular weight excluding hydrogens is 246 g/mol. The second-order valence-electron chi connectivity index (χ2n) is 7.51. The van der Waals surface area contributed by atoms with Crippen LogP contribution in [-0.2, 0) is 0 Å². The van der Waals surface area contributed by atoms with Gasteiger partial charge in [-0.2, -0.15) is 5.26 Å². The van der Waals surface area contributed by atoms with Crippen LogP contribution in [0.5, 0.6) is 0 Å². The van der Waals surface area contributed by atoms with Gasteiger partial charge in [-0.05, 0) is 43.9 Å². The van der Waals surface area contributed by atoms with Gasteiger partial charge in [-0.25, -0.2) is 0 Å². The lowest BCUT2D eigenvalue weighted by Crippen LogP contribution is -2.49. The fraction of sp³-hybridized carbons (Fsp3) is 0.944. The third-order valence-electron chi connectivity index (χ3n) is 5.97. The maximum atomic E-state index is 11.3. The van der Waals surface area contributed by atoms with Crippen molar-refractivity contribution in [2.45, 2.75) is 90.1 Å². The van der Waals surface area contributed by atoms with E-state index in [2.05, 4.69) is 19.9 Å². The van der Waals surface area contributed by atoms with Crippen molar-refractivity contribution < 1.29 is 5.11 Å². The molecule has 0 bridgehead atoms. The maximum Gasteiger partial charge on any atom is 0.0862 e. The molecule has 0 aromatic carbocycles. The number of nitriles is 1. The molecule has 2 rings (SSSR count). The van der Waals surface area contributed by atoms with Crippen molar-refractivity contribution in [3.63, 3.8) is 0 Å². The van der Waals surface area contributed by atoms with Crippen LogP contribution in [0.4, 0.5) is 0 Å². The zero-order valence-corrected chi connectivity index (χ0v) is 13.3. The van der Waals surface area contributed by atoms with Crippen LogP contribution in [0.2, 0.25) is 0 Å². The van der Waals surface area contributed by atoms with Crippen LogP contribution in [0.3, 0.4) is 0 Å². The first kappa shape index (κ1) is 15.8. The molecule has 114 valence electrons. The molecule has 0 spiro atoms. The molecule has 0 aromatic heterocycles. The van der Waals surface area contributed by atoms with Gasteiger partial charge >= 0.3 is 0 Å². The van der Waals surface area contributed by atoms with E-state index in [-0.39, 0.29) is 0 Å². The van der Waals surface area contributed by atoms with Gasteiger partial charge in [0.05, 0.1) is 17.1 Å². The Morgan fingerprint density at radius 3 is 2.55 bits per heavy atom. The Morgan fingerprint density at radius 2 is 1.90 bits per heavy atom. The number of aliphatic hydroxyl groups is 1. The molecule has 4 unspecified atom stereocenters. The second-order valence-corrected chi connectivity index (χ2v) is 7.51. The quantitative estimate of drug-likeness (QED) is 0.752. The highest BCUT2D eigenvalue weighted by atomic mass is 16.3. The Morgan fingerprint density at radius 1 is 1.15 bits per heavy atom. The molecule has 2 fully saturated rings. The van der Waals surface area contributed by atoms with E-state index < -0.39 is 11.0 Å². The first-order chi connectivity index (χ1) is 9.55.